The fourth-order valence-corrected chi connectivity index (χ4v) is 2.53. The standard InChI is InChI=1S/C13H19N3OS/c1-9-3-4-11(12(14)18)13(15-9)16-6-5-10(7-16)8-17-2/h3-4,10H,5-8H2,1-2H3,(H2,14,18). The maximum absolute atomic E-state index is 5.77. The molecule has 0 spiro atoms. The zero-order valence-corrected chi connectivity index (χ0v) is 11.7. The second kappa shape index (κ2) is 5.63. The summed E-state index contributed by atoms with van der Waals surface area (Å²) in [5.74, 6) is 1.48. The molecule has 2 heterocycles. The average Bonchev–Trinajstić information content (AvgIpc) is 2.77. The van der Waals surface area contributed by atoms with Crippen LogP contribution in [0.3, 0.4) is 0 Å². The summed E-state index contributed by atoms with van der Waals surface area (Å²) in [4.78, 5) is 7.25. The van der Waals surface area contributed by atoms with E-state index in [0.29, 0.717) is 10.9 Å². The molecule has 0 aromatic carbocycles. The monoisotopic (exact) mass is 265 g/mol. The molecule has 1 unspecified atom stereocenters. The highest BCUT2D eigenvalue weighted by Crippen LogP contribution is 2.25. The summed E-state index contributed by atoms with van der Waals surface area (Å²) < 4.78 is 5.21. The zero-order valence-electron chi connectivity index (χ0n) is 10.8. The minimum absolute atomic E-state index is 0.410. The summed E-state index contributed by atoms with van der Waals surface area (Å²) in [5, 5.41) is 0. The Kier molecular flexibility index (Phi) is 4.14. The molecule has 2 rings (SSSR count). The van der Waals surface area contributed by atoms with Crippen molar-refractivity contribution >= 4 is 23.0 Å². The van der Waals surface area contributed by atoms with Crippen LogP contribution in [0.5, 0.6) is 0 Å². The molecule has 1 aromatic rings. The number of nitrogens with zero attached hydrogens (tertiary/aromatic N) is 2. The van der Waals surface area contributed by atoms with E-state index in [0.717, 1.165) is 43.2 Å². The van der Waals surface area contributed by atoms with Crippen molar-refractivity contribution in [1.29, 1.82) is 0 Å². The molecular formula is C13H19N3OS. The van der Waals surface area contributed by atoms with Gasteiger partial charge in [0.2, 0.25) is 0 Å². The highest BCUT2D eigenvalue weighted by Gasteiger charge is 2.25. The van der Waals surface area contributed by atoms with Crippen molar-refractivity contribution in [3.63, 3.8) is 0 Å². The number of hydrogen-bond acceptors (Lipinski definition) is 4. The van der Waals surface area contributed by atoms with Crippen molar-refractivity contribution in [2.45, 2.75) is 13.3 Å². The van der Waals surface area contributed by atoms with Gasteiger partial charge in [-0.05, 0) is 25.5 Å². The van der Waals surface area contributed by atoms with Gasteiger partial charge >= 0.3 is 0 Å². The van der Waals surface area contributed by atoms with E-state index < -0.39 is 0 Å². The van der Waals surface area contributed by atoms with E-state index in [1.807, 2.05) is 19.1 Å². The Morgan fingerprint density at radius 1 is 1.61 bits per heavy atom. The molecule has 1 saturated heterocycles. The summed E-state index contributed by atoms with van der Waals surface area (Å²) in [6.45, 7) is 4.72. The van der Waals surface area contributed by atoms with Crippen molar-refractivity contribution in [1.82, 2.24) is 4.98 Å². The predicted octanol–water partition coefficient (Wildman–Crippen LogP) is 1.50. The molecule has 5 heteroatoms. The van der Waals surface area contributed by atoms with E-state index in [9.17, 15) is 0 Å². The van der Waals surface area contributed by atoms with Crippen LogP contribution in [-0.4, -0.2) is 36.8 Å². The SMILES string of the molecule is COCC1CCN(c2nc(C)ccc2C(N)=S)C1. The Balaban J connectivity index is 2.23. The van der Waals surface area contributed by atoms with Gasteiger partial charge in [0.05, 0.1) is 12.2 Å². The van der Waals surface area contributed by atoms with Crippen LogP contribution in [0.2, 0.25) is 0 Å². The van der Waals surface area contributed by atoms with Crippen molar-refractivity contribution in [3.8, 4) is 0 Å². The summed E-state index contributed by atoms with van der Waals surface area (Å²) in [6.07, 6.45) is 1.13. The van der Waals surface area contributed by atoms with Gasteiger partial charge in [0.1, 0.15) is 10.8 Å². The Morgan fingerprint density at radius 2 is 2.39 bits per heavy atom. The highest BCUT2D eigenvalue weighted by molar-refractivity contribution is 7.80. The van der Waals surface area contributed by atoms with Gasteiger partial charge in [-0.25, -0.2) is 4.98 Å². The summed E-state index contributed by atoms with van der Waals surface area (Å²) in [7, 11) is 1.74. The number of nitrogens with two attached hydrogens (primary N) is 1. The van der Waals surface area contributed by atoms with Gasteiger partial charge in [-0.3, -0.25) is 0 Å². The van der Waals surface area contributed by atoms with Crippen LogP contribution in [-0.2, 0) is 4.74 Å². The molecule has 1 aliphatic heterocycles. The van der Waals surface area contributed by atoms with Gasteiger partial charge in [-0.1, -0.05) is 12.2 Å². The molecule has 1 aliphatic rings. The van der Waals surface area contributed by atoms with Crippen LogP contribution < -0.4 is 10.6 Å². The fourth-order valence-electron chi connectivity index (χ4n) is 2.37. The molecule has 0 amide bonds. The van der Waals surface area contributed by atoms with Crippen molar-refractivity contribution in [2.24, 2.45) is 11.7 Å². The number of aryl methyl sites for hydroxylation is 1. The first-order valence-corrected chi connectivity index (χ1v) is 6.54. The van der Waals surface area contributed by atoms with Gasteiger partial charge in [-0.15, -0.1) is 0 Å². The molecular weight excluding hydrogens is 246 g/mol. The van der Waals surface area contributed by atoms with E-state index in [-0.39, 0.29) is 0 Å². The van der Waals surface area contributed by atoms with Crippen LogP contribution in [0.25, 0.3) is 0 Å². The van der Waals surface area contributed by atoms with E-state index >= 15 is 0 Å². The number of aromatic nitrogens is 1. The minimum Gasteiger partial charge on any atom is -0.389 e. The van der Waals surface area contributed by atoms with Crippen molar-refractivity contribution in [3.05, 3.63) is 23.4 Å². The summed E-state index contributed by atoms with van der Waals surface area (Å²) in [5.41, 5.74) is 7.62. The smallest absolute Gasteiger partial charge is 0.139 e. The number of thiocarbonyl (C=S) groups is 1. The largest absolute Gasteiger partial charge is 0.389 e. The molecule has 1 fully saturated rings. The first kappa shape index (κ1) is 13.2. The second-order valence-electron chi connectivity index (χ2n) is 4.74. The van der Waals surface area contributed by atoms with Gasteiger partial charge in [0, 0.05) is 31.8 Å². The van der Waals surface area contributed by atoms with E-state index in [1.165, 1.54) is 0 Å². The summed E-state index contributed by atoms with van der Waals surface area (Å²) in [6, 6.07) is 3.91. The van der Waals surface area contributed by atoms with Crippen LogP contribution in [0.1, 0.15) is 17.7 Å². The fraction of sp³-hybridized carbons (Fsp3) is 0.538. The van der Waals surface area contributed by atoms with Gasteiger partial charge < -0.3 is 15.4 Å². The Labute approximate surface area is 113 Å². The van der Waals surface area contributed by atoms with Crippen molar-refractivity contribution < 1.29 is 4.74 Å². The molecule has 1 atom stereocenters. The lowest BCUT2D eigenvalue weighted by Gasteiger charge is -2.20. The lowest BCUT2D eigenvalue weighted by atomic mass is 10.1. The van der Waals surface area contributed by atoms with Crippen LogP contribution >= 0.6 is 12.2 Å². The van der Waals surface area contributed by atoms with Crippen LogP contribution in [0.4, 0.5) is 5.82 Å². The van der Waals surface area contributed by atoms with Crippen molar-refractivity contribution in [2.75, 3.05) is 31.7 Å². The Bertz CT molecular complexity index is 450. The third-order valence-corrected chi connectivity index (χ3v) is 3.49. The number of ether oxygens (including phenoxy) is 1. The molecule has 1 aromatic heterocycles. The Hall–Kier alpha value is -1.20. The number of methoxy groups -OCH3 is 1. The maximum Gasteiger partial charge on any atom is 0.139 e. The number of hydrogen-bond donors (Lipinski definition) is 1. The molecule has 0 aliphatic carbocycles. The number of rotatable bonds is 4. The minimum atomic E-state index is 0.410. The normalized spacial score (nSPS) is 19.2. The zero-order chi connectivity index (χ0) is 13.1. The van der Waals surface area contributed by atoms with Crippen LogP contribution in [0, 0.1) is 12.8 Å². The molecule has 0 radical (unpaired) electrons. The quantitative estimate of drug-likeness (QED) is 0.836. The van der Waals surface area contributed by atoms with E-state index in [1.54, 1.807) is 7.11 Å². The summed E-state index contributed by atoms with van der Waals surface area (Å²) >= 11 is 5.10. The first-order chi connectivity index (χ1) is 8.61. The molecule has 98 valence electrons. The highest BCUT2D eigenvalue weighted by atomic mass is 32.1. The third-order valence-electron chi connectivity index (χ3n) is 3.27. The maximum atomic E-state index is 5.77. The molecule has 0 saturated carbocycles. The molecule has 4 nitrogen and oxygen atoms in total. The number of anilines is 1. The van der Waals surface area contributed by atoms with Gasteiger partial charge in [0.25, 0.3) is 0 Å². The van der Waals surface area contributed by atoms with E-state index in [2.05, 4.69) is 9.88 Å². The first-order valence-electron chi connectivity index (χ1n) is 6.13. The lowest BCUT2D eigenvalue weighted by molar-refractivity contribution is 0.161. The average molecular weight is 265 g/mol. The van der Waals surface area contributed by atoms with Crippen LogP contribution in [0.15, 0.2) is 12.1 Å². The predicted molar refractivity (Wildman–Crippen MR) is 77.1 cm³/mol. The van der Waals surface area contributed by atoms with Gasteiger partial charge in [0.15, 0.2) is 0 Å². The third kappa shape index (κ3) is 2.79. The number of pyridine rings is 1. The molecule has 0 bridgehead atoms. The van der Waals surface area contributed by atoms with E-state index in [4.69, 9.17) is 22.7 Å². The Morgan fingerprint density at radius 3 is 3.06 bits per heavy atom. The lowest BCUT2D eigenvalue weighted by Crippen LogP contribution is -2.26. The molecule has 18 heavy (non-hydrogen) atoms. The topological polar surface area (TPSA) is 51.4 Å². The second-order valence-corrected chi connectivity index (χ2v) is 5.18. The van der Waals surface area contributed by atoms with Gasteiger partial charge in [-0.2, -0.15) is 0 Å². The molecule has 2 N–H and O–H groups in total.